The fourth-order valence-corrected chi connectivity index (χ4v) is 3.03. The van der Waals surface area contributed by atoms with E-state index >= 15 is 0 Å². The monoisotopic (exact) mass is 291 g/mol. The van der Waals surface area contributed by atoms with Gasteiger partial charge in [0.05, 0.1) is 17.3 Å². The molecule has 0 bridgehead atoms. The number of benzene rings is 1. The highest BCUT2D eigenvalue weighted by Gasteiger charge is 2.08. The number of nitrogens with zero attached hydrogens (tertiary/aromatic N) is 3. The van der Waals surface area contributed by atoms with Crippen molar-refractivity contribution in [2.75, 3.05) is 0 Å². The minimum Gasteiger partial charge on any atom is -0.258 e. The minimum absolute atomic E-state index is 0.662. The Morgan fingerprint density at radius 2 is 1.62 bits per heavy atom. The van der Waals surface area contributed by atoms with E-state index in [2.05, 4.69) is 11.1 Å². The van der Waals surface area contributed by atoms with E-state index in [0.717, 1.165) is 33.2 Å². The van der Waals surface area contributed by atoms with Crippen LogP contribution in [0.15, 0.2) is 41.8 Å². The van der Waals surface area contributed by atoms with Gasteiger partial charge in [-0.1, -0.05) is 12.1 Å². The average Bonchev–Trinajstić information content (AvgIpc) is 2.96. The highest BCUT2D eigenvalue weighted by molar-refractivity contribution is 7.13. The van der Waals surface area contributed by atoms with Crippen LogP contribution in [0.2, 0.25) is 0 Å². The van der Waals surface area contributed by atoms with Gasteiger partial charge in [0.25, 0.3) is 0 Å². The molecule has 0 saturated heterocycles. The van der Waals surface area contributed by atoms with Crippen LogP contribution in [-0.4, -0.2) is 9.97 Å². The Hall–Kier alpha value is -2.51. The van der Waals surface area contributed by atoms with E-state index in [1.165, 1.54) is 0 Å². The van der Waals surface area contributed by atoms with Gasteiger partial charge in [-0.3, -0.25) is 4.98 Å². The molecule has 2 aromatic heterocycles. The maximum atomic E-state index is 8.83. The van der Waals surface area contributed by atoms with Crippen LogP contribution < -0.4 is 0 Å². The van der Waals surface area contributed by atoms with Crippen molar-refractivity contribution in [1.82, 2.24) is 9.97 Å². The maximum absolute atomic E-state index is 8.83. The van der Waals surface area contributed by atoms with Gasteiger partial charge in [0, 0.05) is 27.9 Å². The van der Waals surface area contributed by atoms with E-state index in [9.17, 15) is 0 Å². The van der Waals surface area contributed by atoms with Gasteiger partial charge in [0.15, 0.2) is 0 Å². The van der Waals surface area contributed by atoms with Gasteiger partial charge in [0.2, 0.25) is 0 Å². The summed E-state index contributed by atoms with van der Waals surface area (Å²) in [6, 6.07) is 13.7. The van der Waals surface area contributed by atoms with Gasteiger partial charge in [0.1, 0.15) is 5.01 Å². The molecule has 0 aliphatic rings. The van der Waals surface area contributed by atoms with E-state index < -0.39 is 0 Å². The zero-order valence-electron chi connectivity index (χ0n) is 11.8. The van der Waals surface area contributed by atoms with Crippen LogP contribution in [-0.2, 0) is 0 Å². The van der Waals surface area contributed by atoms with E-state index in [4.69, 9.17) is 10.2 Å². The number of thiazole rings is 1. The van der Waals surface area contributed by atoms with Crippen molar-refractivity contribution >= 4 is 11.3 Å². The molecule has 3 rings (SSSR count). The van der Waals surface area contributed by atoms with E-state index in [-0.39, 0.29) is 0 Å². The molecule has 0 aliphatic carbocycles. The highest BCUT2D eigenvalue weighted by Crippen LogP contribution is 2.29. The second kappa shape index (κ2) is 5.47. The summed E-state index contributed by atoms with van der Waals surface area (Å²) in [6.45, 7) is 3.98. The molecule has 2 heterocycles. The molecule has 0 saturated carbocycles. The zero-order chi connectivity index (χ0) is 14.8. The summed E-state index contributed by atoms with van der Waals surface area (Å²) in [5.41, 5.74) is 5.73. The van der Waals surface area contributed by atoms with Crippen molar-refractivity contribution in [2.45, 2.75) is 13.8 Å². The molecular formula is C17H13N3S. The van der Waals surface area contributed by atoms with Crippen LogP contribution in [0.5, 0.6) is 0 Å². The Kier molecular flexibility index (Phi) is 3.51. The van der Waals surface area contributed by atoms with Gasteiger partial charge in [-0.25, -0.2) is 4.98 Å². The van der Waals surface area contributed by atoms with Crippen molar-refractivity contribution in [2.24, 2.45) is 0 Å². The molecule has 21 heavy (non-hydrogen) atoms. The molecule has 0 aliphatic heterocycles. The molecule has 0 radical (unpaired) electrons. The van der Waals surface area contributed by atoms with Crippen molar-refractivity contribution < 1.29 is 0 Å². The van der Waals surface area contributed by atoms with Crippen molar-refractivity contribution in [1.29, 1.82) is 5.26 Å². The molecule has 0 spiro atoms. The summed E-state index contributed by atoms with van der Waals surface area (Å²) in [5.74, 6) is 0. The molecule has 3 aromatic rings. The standard InChI is InChI=1S/C17H13N3S/c1-11-7-15(8-12(2)19-11)17-20-16(10-21-17)14-5-3-13(9-18)4-6-14/h3-8,10H,1-2H3. The molecule has 0 atom stereocenters. The number of aryl methyl sites for hydroxylation is 2. The van der Waals surface area contributed by atoms with E-state index in [1.54, 1.807) is 11.3 Å². The summed E-state index contributed by atoms with van der Waals surface area (Å²) >= 11 is 1.62. The third kappa shape index (κ3) is 2.83. The molecule has 1 aromatic carbocycles. The predicted molar refractivity (Wildman–Crippen MR) is 85.0 cm³/mol. The van der Waals surface area contributed by atoms with Crippen LogP contribution in [0.4, 0.5) is 0 Å². The van der Waals surface area contributed by atoms with E-state index in [0.29, 0.717) is 5.56 Å². The second-order valence-electron chi connectivity index (χ2n) is 4.87. The first kappa shape index (κ1) is 13.5. The molecular weight excluding hydrogens is 278 g/mol. The summed E-state index contributed by atoms with van der Waals surface area (Å²) < 4.78 is 0. The third-order valence-corrected chi connectivity index (χ3v) is 4.03. The third-order valence-electron chi connectivity index (χ3n) is 3.14. The number of hydrogen-bond donors (Lipinski definition) is 0. The lowest BCUT2D eigenvalue weighted by molar-refractivity contribution is 1.12. The maximum Gasteiger partial charge on any atom is 0.124 e. The van der Waals surface area contributed by atoms with Crippen LogP contribution in [0, 0.1) is 25.2 Å². The second-order valence-corrected chi connectivity index (χ2v) is 5.72. The van der Waals surface area contributed by atoms with Crippen molar-refractivity contribution in [3.63, 3.8) is 0 Å². The molecule has 0 amide bonds. The van der Waals surface area contributed by atoms with Gasteiger partial charge in [-0.05, 0) is 38.1 Å². The fraction of sp³-hybridized carbons (Fsp3) is 0.118. The topological polar surface area (TPSA) is 49.6 Å². The number of nitriles is 1. The highest BCUT2D eigenvalue weighted by atomic mass is 32.1. The smallest absolute Gasteiger partial charge is 0.124 e. The van der Waals surface area contributed by atoms with Crippen LogP contribution >= 0.6 is 11.3 Å². The lowest BCUT2D eigenvalue weighted by Crippen LogP contribution is -1.88. The lowest BCUT2D eigenvalue weighted by atomic mass is 10.1. The van der Waals surface area contributed by atoms with Crippen LogP contribution in [0.1, 0.15) is 17.0 Å². The normalized spacial score (nSPS) is 10.3. The largest absolute Gasteiger partial charge is 0.258 e. The molecule has 0 N–H and O–H groups in total. The van der Waals surface area contributed by atoms with Gasteiger partial charge in [-0.2, -0.15) is 5.26 Å². The lowest BCUT2D eigenvalue weighted by Gasteiger charge is -2.01. The first-order valence-electron chi connectivity index (χ1n) is 6.57. The summed E-state index contributed by atoms with van der Waals surface area (Å²) in [7, 11) is 0. The Bertz CT molecular complexity index is 806. The van der Waals surface area contributed by atoms with Crippen molar-refractivity contribution in [3.05, 3.63) is 58.7 Å². The predicted octanol–water partition coefficient (Wildman–Crippen LogP) is 4.36. The first-order chi connectivity index (χ1) is 10.2. The number of hydrogen-bond acceptors (Lipinski definition) is 4. The molecule has 3 nitrogen and oxygen atoms in total. The Morgan fingerprint density at radius 3 is 2.24 bits per heavy atom. The Morgan fingerprint density at radius 1 is 0.952 bits per heavy atom. The quantitative estimate of drug-likeness (QED) is 0.705. The summed E-state index contributed by atoms with van der Waals surface area (Å²) in [6.07, 6.45) is 0. The number of rotatable bonds is 2. The molecule has 4 heteroatoms. The molecule has 0 unspecified atom stereocenters. The average molecular weight is 291 g/mol. The van der Waals surface area contributed by atoms with Crippen LogP contribution in [0.25, 0.3) is 21.8 Å². The summed E-state index contributed by atoms with van der Waals surface area (Å²) in [4.78, 5) is 9.09. The fourth-order valence-electron chi connectivity index (χ4n) is 2.21. The first-order valence-corrected chi connectivity index (χ1v) is 7.45. The van der Waals surface area contributed by atoms with Gasteiger partial charge < -0.3 is 0 Å². The van der Waals surface area contributed by atoms with Crippen LogP contribution in [0.3, 0.4) is 0 Å². The van der Waals surface area contributed by atoms with Gasteiger partial charge in [-0.15, -0.1) is 11.3 Å². The molecule has 102 valence electrons. The number of aromatic nitrogens is 2. The molecule has 0 fully saturated rings. The Balaban J connectivity index is 1.97. The van der Waals surface area contributed by atoms with E-state index in [1.807, 2.05) is 55.6 Å². The summed E-state index contributed by atoms with van der Waals surface area (Å²) in [5, 5.41) is 11.9. The van der Waals surface area contributed by atoms with Crippen molar-refractivity contribution in [3.8, 4) is 27.9 Å². The Labute approximate surface area is 127 Å². The minimum atomic E-state index is 0.662. The SMILES string of the molecule is Cc1cc(-c2nc(-c3ccc(C#N)cc3)cs2)cc(C)n1. The zero-order valence-corrected chi connectivity index (χ0v) is 12.6. The number of pyridine rings is 1. The van der Waals surface area contributed by atoms with Gasteiger partial charge >= 0.3 is 0 Å².